The molecule has 6 nitrogen and oxygen atoms in total. The van der Waals surface area contributed by atoms with Crippen molar-refractivity contribution in [1.82, 2.24) is 19.4 Å². The molecule has 1 fully saturated rings. The molecule has 1 atom stereocenters. The smallest absolute Gasteiger partial charge is 0.257 e. The van der Waals surface area contributed by atoms with E-state index in [-0.39, 0.29) is 23.6 Å². The van der Waals surface area contributed by atoms with Crippen LogP contribution in [0.25, 0.3) is 0 Å². The van der Waals surface area contributed by atoms with Gasteiger partial charge in [0.2, 0.25) is 5.91 Å². The number of amides is 1. The Labute approximate surface area is 198 Å². The van der Waals surface area contributed by atoms with Crippen molar-refractivity contribution in [3.63, 3.8) is 0 Å². The second-order valence-corrected chi connectivity index (χ2v) is 9.70. The molecule has 0 bridgehead atoms. The predicted octanol–water partition coefficient (Wildman–Crippen LogP) is 3.52. The molecule has 0 aliphatic carbocycles. The van der Waals surface area contributed by atoms with Crippen LogP contribution in [0.15, 0.2) is 76.8 Å². The number of fused-ring (bicyclic) bond motifs is 1. The van der Waals surface area contributed by atoms with Crippen LogP contribution in [0.1, 0.15) is 35.2 Å². The Morgan fingerprint density at radius 3 is 2.21 bits per heavy atom. The summed E-state index contributed by atoms with van der Waals surface area (Å²) in [5, 5.41) is 0.724. The van der Waals surface area contributed by atoms with E-state index in [1.54, 1.807) is 29.4 Å². The lowest BCUT2D eigenvalue weighted by molar-refractivity contribution is -0.133. The van der Waals surface area contributed by atoms with Gasteiger partial charge in [-0.05, 0) is 18.1 Å². The van der Waals surface area contributed by atoms with Gasteiger partial charge >= 0.3 is 0 Å². The molecule has 3 aromatic rings. The first-order valence-electron chi connectivity index (χ1n) is 11.4. The highest BCUT2D eigenvalue weighted by atomic mass is 32.2. The molecule has 2 aliphatic rings. The largest absolute Gasteiger partial charge is 0.340 e. The molecule has 1 unspecified atom stereocenters. The van der Waals surface area contributed by atoms with E-state index in [1.807, 2.05) is 17.0 Å². The molecule has 1 saturated heterocycles. The van der Waals surface area contributed by atoms with E-state index in [1.165, 1.54) is 11.1 Å². The summed E-state index contributed by atoms with van der Waals surface area (Å²) in [6, 6.07) is 21.2. The van der Waals surface area contributed by atoms with Gasteiger partial charge in [-0.25, -0.2) is 4.98 Å². The molecule has 2 aromatic carbocycles. The Balaban J connectivity index is 1.27. The van der Waals surface area contributed by atoms with Gasteiger partial charge in [-0.2, -0.15) is 0 Å². The average Bonchev–Trinajstić information content (AvgIpc) is 3.26. The number of benzene rings is 2. The summed E-state index contributed by atoms with van der Waals surface area (Å²) in [5.74, 6) is 0.846. The highest BCUT2D eigenvalue weighted by molar-refractivity contribution is 7.99. The van der Waals surface area contributed by atoms with Crippen molar-refractivity contribution in [3.8, 4) is 0 Å². The second-order valence-electron chi connectivity index (χ2n) is 8.71. The lowest BCUT2D eigenvalue weighted by atomic mass is 9.96. The van der Waals surface area contributed by atoms with E-state index in [9.17, 15) is 9.59 Å². The second kappa shape index (κ2) is 9.53. The average molecular weight is 461 g/mol. The molecule has 170 valence electrons. The summed E-state index contributed by atoms with van der Waals surface area (Å²) in [7, 11) is 0. The standard InChI is InChI=1S/C26H28N4O2S/c1-19-17-27-26-30(25(19)32)22(18-33-26)16-23(31)28-12-14-29(15-13-28)24(20-8-4-2-5-9-20)21-10-6-3-7-11-21/h2-11,17,22,24H,12-16,18H2,1H3. The van der Waals surface area contributed by atoms with E-state index in [0.717, 1.165) is 24.0 Å². The van der Waals surface area contributed by atoms with Crippen LogP contribution in [0.2, 0.25) is 0 Å². The quantitative estimate of drug-likeness (QED) is 0.546. The lowest BCUT2D eigenvalue weighted by Gasteiger charge is -2.40. The minimum Gasteiger partial charge on any atom is -0.340 e. The maximum absolute atomic E-state index is 13.1. The molecule has 7 heteroatoms. The molecule has 1 amide bonds. The topological polar surface area (TPSA) is 58.4 Å². The number of carbonyl (C=O) groups is 1. The summed E-state index contributed by atoms with van der Waals surface area (Å²) in [6.07, 6.45) is 1.98. The minimum absolute atomic E-state index is 0.0267. The molecule has 3 heterocycles. The van der Waals surface area contributed by atoms with Crippen LogP contribution < -0.4 is 5.56 Å². The van der Waals surface area contributed by atoms with Gasteiger partial charge in [-0.15, -0.1) is 0 Å². The predicted molar refractivity (Wildman–Crippen MR) is 130 cm³/mol. The van der Waals surface area contributed by atoms with Crippen LogP contribution in [-0.4, -0.2) is 57.2 Å². The Morgan fingerprint density at radius 1 is 1.00 bits per heavy atom. The number of thioether (sulfide) groups is 1. The van der Waals surface area contributed by atoms with Crippen molar-refractivity contribution < 1.29 is 4.79 Å². The van der Waals surface area contributed by atoms with Crippen LogP contribution in [-0.2, 0) is 4.79 Å². The molecular formula is C26H28N4O2S. The fourth-order valence-corrected chi connectivity index (χ4v) is 5.92. The zero-order valence-corrected chi connectivity index (χ0v) is 19.6. The van der Waals surface area contributed by atoms with Gasteiger partial charge in [0.05, 0.1) is 12.1 Å². The SMILES string of the molecule is Cc1cnc2n(c1=O)C(CC(=O)N1CCN(C(c3ccccc3)c3ccccc3)CC1)CS2. The third kappa shape index (κ3) is 4.48. The van der Waals surface area contributed by atoms with Crippen LogP contribution in [0, 0.1) is 6.92 Å². The van der Waals surface area contributed by atoms with Crippen molar-refractivity contribution in [1.29, 1.82) is 0 Å². The molecule has 2 aliphatic heterocycles. The normalized spacial score (nSPS) is 18.5. The molecule has 33 heavy (non-hydrogen) atoms. The van der Waals surface area contributed by atoms with Crippen molar-refractivity contribution in [2.24, 2.45) is 0 Å². The van der Waals surface area contributed by atoms with E-state index in [4.69, 9.17) is 0 Å². The molecule has 0 N–H and O–H groups in total. The third-order valence-electron chi connectivity index (χ3n) is 6.57. The first-order valence-corrected chi connectivity index (χ1v) is 12.4. The maximum Gasteiger partial charge on any atom is 0.257 e. The van der Waals surface area contributed by atoms with Crippen LogP contribution in [0.5, 0.6) is 0 Å². The van der Waals surface area contributed by atoms with E-state index in [0.29, 0.717) is 25.1 Å². The van der Waals surface area contributed by atoms with Gasteiger partial charge in [0, 0.05) is 50.1 Å². The number of nitrogens with zero attached hydrogens (tertiary/aromatic N) is 4. The molecule has 1 aromatic heterocycles. The number of hydrogen-bond donors (Lipinski definition) is 0. The highest BCUT2D eigenvalue weighted by Crippen LogP contribution is 2.33. The summed E-state index contributed by atoms with van der Waals surface area (Å²) in [4.78, 5) is 34.5. The number of piperazine rings is 1. The van der Waals surface area contributed by atoms with Crippen molar-refractivity contribution >= 4 is 17.7 Å². The minimum atomic E-state index is -0.114. The highest BCUT2D eigenvalue weighted by Gasteiger charge is 2.32. The number of rotatable bonds is 5. The first kappa shape index (κ1) is 21.9. The molecule has 0 spiro atoms. The van der Waals surface area contributed by atoms with Gasteiger partial charge in [-0.1, -0.05) is 72.4 Å². The number of aryl methyl sites for hydroxylation is 1. The van der Waals surface area contributed by atoms with Gasteiger partial charge in [0.15, 0.2) is 5.16 Å². The molecular weight excluding hydrogens is 432 g/mol. The van der Waals surface area contributed by atoms with Crippen LogP contribution in [0.4, 0.5) is 0 Å². The van der Waals surface area contributed by atoms with Gasteiger partial charge in [0.25, 0.3) is 5.56 Å². The molecule has 0 saturated carbocycles. The Bertz CT molecular complexity index is 1130. The maximum atomic E-state index is 13.1. The lowest BCUT2D eigenvalue weighted by Crippen LogP contribution is -2.50. The van der Waals surface area contributed by atoms with E-state index in [2.05, 4.69) is 58.4 Å². The Hall–Kier alpha value is -2.90. The molecule has 5 rings (SSSR count). The molecule has 0 radical (unpaired) electrons. The number of hydrogen-bond acceptors (Lipinski definition) is 5. The van der Waals surface area contributed by atoms with Crippen molar-refractivity contribution in [3.05, 3.63) is 93.9 Å². The fourth-order valence-electron chi connectivity index (χ4n) is 4.82. The zero-order chi connectivity index (χ0) is 22.8. The third-order valence-corrected chi connectivity index (χ3v) is 7.69. The van der Waals surface area contributed by atoms with Gasteiger partial charge < -0.3 is 4.90 Å². The van der Waals surface area contributed by atoms with Crippen LogP contribution >= 0.6 is 11.8 Å². The summed E-state index contributed by atoms with van der Waals surface area (Å²) >= 11 is 1.56. The summed E-state index contributed by atoms with van der Waals surface area (Å²) in [5.41, 5.74) is 3.14. The van der Waals surface area contributed by atoms with Gasteiger partial charge in [0.1, 0.15) is 0 Å². The van der Waals surface area contributed by atoms with E-state index >= 15 is 0 Å². The Kier molecular flexibility index (Phi) is 6.33. The monoisotopic (exact) mass is 460 g/mol. The zero-order valence-electron chi connectivity index (χ0n) is 18.8. The van der Waals surface area contributed by atoms with Crippen molar-refractivity contribution in [2.45, 2.75) is 30.6 Å². The van der Waals surface area contributed by atoms with E-state index < -0.39 is 0 Å². The number of aromatic nitrogens is 2. The van der Waals surface area contributed by atoms with Gasteiger partial charge in [-0.3, -0.25) is 19.1 Å². The Morgan fingerprint density at radius 2 is 1.61 bits per heavy atom. The van der Waals surface area contributed by atoms with Crippen molar-refractivity contribution in [2.75, 3.05) is 31.9 Å². The summed E-state index contributed by atoms with van der Waals surface area (Å²) < 4.78 is 1.72. The first-order chi connectivity index (χ1) is 16.1. The van der Waals surface area contributed by atoms with Crippen LogP contribution in [0.3, 0.4) is 0 Å². The fraction of sp³-hybridized carbons (Fsp3) is 0.346. The number of carbonyl (C=O) groups excluding carboxylic acids is 1. The summed E-state index contributed by atoms with van der Waals surface area (Å²) in [6.45, 7) is 4.80.